The highest BCUT2D eigenvalue weighted by atomic mass is 16.5. The number of benzene rings is 5. The fourth-order valence-corrected chi connectivity index (χ4v) is 5.41. The number of phenols is 1. The second kappa shape index (κ2) is 17.1. The van der Waals surface area contributed by atoms with Crippen molar-refractivity contribution in [3.63, 3.8) is 0 Å². The van der Waals surface area contributed by atoms with Crippen LogP contribution >= 0.6 is 0 Å². The van der Waals surface area contributed by atoms with E-state index in [4.69, 9.17) is 18.3 Å². The number of methoxy groups -OCH3 is 3. The summed E-state index contributed by atoms with van der Waals surface area (Å²) in [5, 5.41) is 17.9. The van der Waals surface area contributed by atoms with Crippen LogP contribution in [0.15, 0.2) is 122 Å². The van der Waals surface area contributed by atoms with Crippen LogP contribution in [-0.4, -0.2) is 54.3 Å². The van der Waals surface area contributed by atoms with Crippen LogP contribution in [0.4, 0.5) is 11.4 Å². The van der Waals surface area contributed by atoms with Crippen molar-refractivity contribution in [2.45, 2.75) is 26.2 Å². The van der Waals surface area contributed by atoms with Crippen LogP contribution in [0, 0.1) is 6.92 Å². The lowest BCUT2D eigenvalue weighted by molar-refractivity contribution is -0.140. The lowest BCUT2D eigenvalue weighted by Crippen LogP contribution is -2.04. The van der Waals surface area contributed by atoms with Crippen LogP contribution < -0.4 is 0 Å². The first-order chi connectivity index (χ1) is 26.6. The molecule has 0 aliphatic carbocycles. The molecule has 0 radical (unpaired) electrons. The Morgan fingerprint density at radius 2 is 0.945 bits per heavy atom. The second-order valence-electron chi connectivity index (χ2n) is 12.3. The largest absolute Gasteiger partial charge is 0.508 e. The number of fused-ring (bicyclic) bond motifs is 2. The molecule has 0 aliphatic rings. The van der Waals surface area contributed by atoms with Gasteiger partial charge in [-0.05, 0) is 108 Å². The maximum atomic E-state index is 11.6. The third-order valence-electron chi connectivity index (χ3n) is 8.40. The van der Waals surface area contributed by atoms with Gasteiger partial charge in [0.1, 0.15) is 16.8 Å². The number of azo groups is 1. The number of hydrogen-bond acceptors (Lipinski definition) is 13. The molecular formula is C42H36N4O9. The zero-order chi connectivity index (χ0) is 38.9. The van der Waals surface area contributed by atoms with Gasteiger partial charge in [0, 0.05) is 11.1 Å². The van der Waals surface area contributed by atoms with Crippen LogP contribution in [-0.2, 0) is 47.9 Å². The number of oxazole rings is 2. The molecule has 0 saturated carbocycles. The highest BCUT2D eigenvalue weighted by Gasteiger charge is 2.13. The Morgan fingerprint density at radius 1 is 0.564 bits per heavy atom. The SMILES string of the molecule is COC(=O)Cc1ccc(O)c(C)c1.COC(=O)Cc1ccc2oc(-c3ccc(N=Nc4ccc(-c5nc6cc(CC(=O)OC)ccc6o5)cc4)cc3)nc2c1. The van der Waals surface area contributed by atoms with Crippen molar-refractivity contribution in [1.82, 2.24) is 9.97 Å². The number of aryl methyl sites for hydroxylation is 1. The lowest BCUT2D eigenvalue weighted by atomic mass is 10.1. The summed E-state index contributed by atoms with van der Waals surface area (Å²) in [6, 6.07) is 30.7. The van der Waals surface area contributed by atoms with Gasteiger partial charge in [-0.3, -0.25) is 14.4 Å². The number of carbonyl (C=O) groups excluding carboxylic acids is 3. The third kappa shape index (κ3) is 9.64. The van der Waals surface area contributed by atoms with Crippen LogP contribution in [0.2, 0.25) is 0 Å². The number of phenolic OH excluding ortho intramolecular Hbond substituents is 1. The zero-order valence-electron chi connectivity index (χ0n) is 30.4. The molecule has 1 N–H and O–H groups in total. The first-order valence-electron chi connectivity index (χ1n) is 17.0. The van der Waals surface area contributed by atoms with Crippen LogP contribution in [0.3, 0.4) is 0 Å². The fraction of sp³-hybridized carbons (Fsp3) is 0.167. The highest BCUT2D eigenvalue weighted by molar-refractivity contribution is 5.81. The first-order valence-corrected chi connectivity index (χ1v) is 17.0. The van der Waals surface area contributed by atoms with Crippen molar-refractivity contribution in [3.05, 3.63) is 125 Å². The first kappa shape index (κ1) is 37.6. The number of ether oxygens (including phenoxy) is 3. The van der Waals surface area contributed by atoms with E-state index in [2.05, 4.69) is 24.9 Å². The molecule has 7 rings (SSSR count). The van der Waals surface area contributed by atoms with E-state index < -0.39 is 0 Å². The molecule has 0 spiro atoms. The number of aromatic hydroxyl groups is 1. The predicted molar refractivity (Wildman–Crippen MR) is 203 cm³/mol. The maximum absolute atomic E-state index is 11.6. The molecular weight excluding hydrogens is 704 g/mol. The molecule has 7 aromatic rings. The van der Waals surface area contributed by atoms with Crippen LogP contribution in [0.5, 0.6) is 5.75 Å². The molecule has 55 heavy (non-hydrogen) atoms. The van der Waals surface area contributed by atoms with Crippen molar-refractivity contribution in [2.75, 3.05) is 21.3 Å². The number of nitrogens with zero attached hydrogens (tertiary/aromatic N) is 4. The predicted octanol–water partition coefficient (Wildman–Crippen LogP) is 8.57. The summed E-state index contributed by atoms with van der Waals surface area (Å²) in [6.07, 6.45) is 0.598. The fourth-order valence-electron chi connectivity index (χ4n) is 5.41. The summed E-state index contributed by atoms with van der Waals surface area (Å²) in [5.74, 6) is 0.292. The molecule has 5 aromatic carbocycles. The van der Waals surface area contributed by atoms with E-state index in [1.807, 2.05) is 72.8 Å². The average molecular weight is 741 g/mol. The summed E-state index contributed by atoms with van der Waals surface area (Å²) in [6.45, 7) is 1.79. The van der Waals surface area contributed by atoms with Gasteiger partial charge in [0.25, 0.3) is 0 Å². The smallest absolute Gasteiger partial charge is 0.309 e. The Bertz CT molecular complexity index is 2360. The number of carbonyl (C=O) groups is 3. The molecule has 0 atom stereocenters. The van der Waals surface area contributed by atoms with Gasteiger partial charge in [-0.2, -0.15) is 10.2 Å². The molecule has 0 amide bonds. The summed E-state index contributed by atoms with van der Waals surface area (Å²) in [4.78, 5) is 43.1. The van der Waals surface area contributed by atoms with Gasteiger partial charge in [0.05, 0.1) is 52.0 Å². The molecule has 0 fully saturated rings. The number of rotatable bonds is 10. The van der Waals surface area contributed by atoms with Gasteiger partial charge in [-0.15, -0.1) is 0 Å². The number of hydrogen-bond donors (Lipinski definition) is 1. The van der Waals surface area contributed by atoms with E-state index >= 15 is 0 Å². The molecule has 0 bridgehead atoms. The Balaban J connectivity index is 0.000000336. The molecule has 0 aliphatic heterocycles. The van der Waals surface area contributed by atoms with E-state index in [0.29, 0.717) is 45.4 Å². The molecule has 0 saturated heterocycles. The molecule has 2 heterocycles. The van der Waals surface area contributed by atoms with E-state index in [9.17, 15) is 19.5 Å². The molecule has 13 nitrogen and oxygen atoms in total. The molecule has 2 aromatic heterocycles. The van der Waals surface area contributed by atoms with Gasteiger partial charge >= 0.3 is 17.9 Å². The molecule has 0 unspecified atom stereocenters. The Labute approximate surface area is 315 Å². The minimum Gasteiger partial charge on any atom is -0.508 e. The van der Waals surface area contributed by atoms with Crippen molar-refractivity contribution in [1.29, 1.82) is 0 Å². The standard InChI is InChI=1S/C32H24N4O6.C10H12O3/c1-39-29(37)17-19-3-13-27-25(15-19)33-31(41-27)21-5-9-23(10-6-21)35-36-24-11-7-22(8-12-24)32-34-26-16-20(18-30(38)40-2)4-14-28(26)42-32;1-7-5-8(3-4-9(7)11)6-10(12)13-2/h3-16H,17-18H2,1-2H3;3-5,11H,6H2,1-2H3. The van der Waals surface area contributed by atoms with Gasteiger partial charge in [0.15, 0.2) is 11.2 Å². The quantitative estimate of drug-likeness (QED) is 0.0807. The Kier molecular flexibility index (Phi) is 11.7. The van der Waals surface area contributed by atoms with Crippen molar-refractivity contribution >= 4 is 51.5 Å². The molecule has 278 valence electrons. The summed E-state index contributed by atoms with van der Waals surface area (Å²) >= 11 is 0. The maximum Gasteiger partial charge on any atom is 0.309 e. The minimum atomic E-state index is -0.310. The van der Waals surface area contributed by atoms with E-state index in [0.717, 1.165) is 33.4 Å². The third-order valence-corrected chi connectivity index (χ3v) is 8.40. The average Bonchev–Trinajstić information content (AvgIpc) is 3.83. The molecule has 13 heteroatoms. The normalized spacial score (nSPS) is 11.0. The summed E-state index contributed by atoms with van der Waals surface area (Å²) < 4.78 is 25.8. The van der Waals surface area contributed by atoms with Crippen molar-refractivity contribution in [3.8, 4) is 28.7 Å². The van der Waals surface area contributed by atoms with E-state index in [1.165, 1.54) is 21.3 Å². The summed E-state index contributed by atoms with van der Waals surface area (Å²) in [7, 11) is 4.08. The van der Waals surface area contributed by atoms with Crippen molar-refractivity contribution < 1.29 is 42.5 Å². The minimum absolute atomic E-state index is 0.175. The van der Waals surface area contributed by atoms with Gasteiger partial charge in [-0.25, -0.2) is 9.97 Å². The second-order valence-corrected chi connectivity index (χ2v) is 12.3. The number of aromatic nitrogens is 2. The van der Waals surface area contributed by atoms with Gasteiger partial charge < -0.3 is 28.2 Å². The van der Waals surface area contributed by atoms with Gasteiger partial charge in [0.2, 0.25) is 11.8 Å². The topological polar surface area (TPSA) is 176 Å². The highest BCUT2D eigenvalue weighted by Crippen LogP contribution is 2.30. The van der Waals surface area contributed by atoms with E-state index in [-0.39, 0.29) is 42.9 Å². The monoisotopic (exact) mass is 740 g/mol. The van der Waals surface area contributed by atoms with Crippen molar-refractivity contribution in [2.24, 2.45) is 10.2 Å². The van der Waals surface area contributed by atoms with Crippen LogP contribution in [0.1, 0.15) is 22.3 Å². The van der Waals surface area contributed by atoms with Gasteiger partial charge in [-0.1, -0.05) is 24.3 Å². The zero-order valence-corrected chi connectivity index (χ0v) is 30.4. The Hall–Kier alpha value is -7.15. The summed E-state index contributed by atoms with van der Waals surface area (Å²) in [5.41, 5.74) is 8.74. The van der Waals surface area contributed by atoms with E-state index in [1.54, 1.807) is 37.3 Å². The van der Waals surface area contributed by atoms with Crippen LogP contribution in [0.25, 0.3) is 45.1 Å². The number of esters is 3. The lowest BCUT2D eigenvalue weighted by Gasteiger charge is -2.02. The Morgan fingerprint density at radius 3 is 1.33 bits per heavy atom.